The molecule has 1 aromatic rings. The lowest BCUT2D eigenvalue weighted by Crippen LogP contribution is -2.46. The molecule has 2 rings (SSSR count). The Bertz CT molecular complexity index is 683. The van der Waals surface area contributed by atoms with E-state index < -0.39 is 12.1 Å². The highest BCUT2D eigenvalue weighted by Gasteiger charge is 2.38. The number of carboxylic acids is 1. The predicted octanol–water partition coefficient (Wildman–Crippen LogP) is 1.20. The third-order valence-electron chi connectivity index (χ3n) is 3.73. The normalized spacial score (nSPS) is 14.6. The van der Waals surface area contributed by atoms with Crippen LogP contribution in [-0.2, 0) is 4.79 Å². The molecule has 158 valence electrons. The number of carboxylic acid groups (broad SMARTS) is 1. The zero-order chi connectivity index (χ0) is 21.3. The molecule has 0 saturated carbocycles. The zero-order valence-electron chi connectivity index (χ0n) is 15.1. The van der Waals surface area contributed by atoms with Gasteiger partial charge in [-0.05, 0) is 6.07 Å². The number of benzene rings is 1. The van der Waals surface area contributed by atoms with Gasteiger partial charge < -0.3 is 26.2 Å². The summed E-state index contributed by atoms with van der Waals surface area (Å²) in [5, 5.41) is 13.7. The first-order valence-electron chi connectivity index (χ1n) is 8.20. The molecule has 0 radical (unpaired) electrons. The van der Waals surface area contributed by atoms with Crippen LogP contribution in [0.25, 0.3) is 0 Å². The van der Waals surface area contributed by atoms with Crippen molar-refractivity contribution in [3.05, 3.63) is 22.7 Å². The number of aliphatic carboxylic acids is 1. The molecular formula is C16H22ClF3N4O4. The SMILES string of the molecule is COc1cc(N)c(Cl)cc1C(=O)NCCN1CCNCC1.O=C(O)C(F)(F)F. The summed E-state index contributed by atoms with van der Waals surface area (Å²) in [6, 6.07) is 3.10. The number of alkyl halides is 3. The van der Waals surface area contributed by atoms with Crippen molar-refractivity contribution >= 4 is 29.2 Å². The van der Waals surface area contributed by atoms with Gasteiger partial charge in [-0.1, -0.05) is 11.6 Å². The highest BCUT2D eigenvalue weighted by atomic mass is 35.5. The van der Waals surface area contributed by atoms with Crippen LogP contribution in [-0.4, -0.2) is 74.4 Å². The van der Waals surface area contributed by atoms with Gasteiger partial charge in [0.2, 0.25) is 0 Å². The Morgan fingerprint density at radius 2 is 1.93 bits per heavy atom. The van der Waals surface area contributed by atoms with Gasteiger partial charge in [0, 0.05) is 45.3 Å². The highest BCUT2D eigenvalue weighted by molar-refractivity contribution is 6.33. The molecule has 1 aliphatic rings. The summed E-state index contributed by atoms with van der Waals surface area (Å²) >= 11 is 5.97. The molecule has 1 fully saturated rings. The van der Waals surface area contributed by atoms with Crippen molar-refractivity contribution < 1.29 is 32.6 Å². The summed E-state index contributed by atoms with van der Waals surface area (Å²) in [6.07, 6.45) is -5.08. The number of amides is 1. The van der Waals surface area contributed by atoms with Gasteiger partial charge in [-0.2, -0.15) is 13.2 Å². The summed E-state index contributed by atoms with van der Waals surface area (Å²) in [4.78, 5) is 23.4. The number of ether oxygens (including phenoxy) is 1. The van der Waals surface area contributed by atoms with Crippen LogP contribution in [0.1, 0.15) is 10.4 Å². The average molecular weight is 427 g/mol. The number of nitrogens with two attached hydrogens (primary N) is 1. The van der Waals surface area contributed by atoms with Crippen molar-refractivity contribution in [2.75, 3.05) is 52.1 Å². The molecule has 0 aromatic heterocycles. The molecule has 1 heterocycles. The van der Waals surface area contributed by atoms with Crippen molar-refractivity contribution in [3.8, 4) is 5.75 Å². The third-order valence-corrected chi connectivity index (χ3v) is 4.06. The summed E-state index contributed by atoms with van der Waals surface area (Å²) < 4.78 is 36.9. The molecule has 1 aliphatic heterocycles. The Morgan fingerprint density at radius 3 is 2.43 bits per heavy atom. The Morgan fingerprint density at radius 1 is 1.36 bits per heavy atom. The maximum Gasteiger partial charge on any atom is 0.490 e. The first-order chi connectivity index (χ1) is 13.1. The van der Waals surface area contributed by atoms with Crippen LogP contribution >= 0.6 is 11.6 Å². The van der Waals surface area contributed by atoms with Crippen LogP contribution in [0.2, 0.25) is 5.02 Å². The average Bonchev–Trinajstić information content (AvgIpc) is 2.64. The first-order valence-corrected chi connectivity index (χ1v) is 8.58. The lowest BCUT2D eigenvalue weighted by molar-refractivity contribution is -0.192. The van der Waals surface area contributed by atoms with Crippen LogP contribution in [0.4, 0.5) is 18.9 Å². The smallest absolute Gasteiger partial charge is 0.490 e. The highest BCUT2D eigenvalue weighted by Crippen LogP contribution is 2.28. The van der Waals surface area contributed by atoms with Crippen LogP contribution in [0.15, 0.2) is 12.1 Å². The molecule has 0 aliphatic carbocycles. The van der Waals surface area contributed by atoms with E-state index in [4.69, 9.17) is 32.0 Å². The predicted molar refractivity (Wildman–Crippen MR) is 97.8 cm³/mol. The number of hydrogen-bond acceptors (Lipinski definition) is 6. The number of anilines is 1. The van der Waals surface area contributed by atoms with Gasteiger partial charge in [0.1, 0.15) is 5.75 Å². The monoisotopic (exact) mass is 426 g/mol. The summed E-state index contributed by atoms with van der Waals surface area (Å²) in [6.45, 7) is 5.42. The van der Waals surface area contributed by atoms with E-state index in [0.717, 1.165) is 32.7 Å². The van der Waals surface area contributed by atoms with E-state index in [9.17, 15) is 18.0 Å². The fourth-order valence-corrected chi connectivity index (χ4v) is 2.44. The summed E-state index contributed by atoms with van der Waals surface area (Å²) in [5.41, 5.74) is 6.50. The second kappa shape index (κ2) is 10.9. The standard InChI is InChI=1S/C14H21ClN4O2.C2HF3O2/c1-21-13-9-12(16)11(15)8-10(13)14(20)18-4-7-19-5-2-17-3-6-19;3-2(4,5)1(6)7/h8-9,17H,2-7,16H2,1H3,(H,18,20);(H,6,7). The largest absolute Gasteiger partial charge is 0.496 e. The van der Waals surface area contributed by atoms with Gasteiger partial charge in [0.25, 0.3) is 5.91 Å². The van der Waals surface area contributed by atoms with E-state index >= 15 is 0 Å². The van der Waals surface area contributed by atoms with E-state index in [1.54, 1.807) is 6.07 Å². The number of rotatable bonds is 5. The van der Waals surface area contributed by atoms with Gasteiger partial charge in [0.15, 0.2) is 0 Å². The van der Waals surface area contributed by atoms with Crippen molar-refractivity contribution in [3.63, 3.8) is 0 Å². The molecule has 0 bridgehead atoms. The fraction of sp³-hybridized carbons (Fsp3) is 0.500. The van der Waals surface area contributed by atoms with Crippen LogP contribution in [0.3, 0.4) is 0 Å². The third kappa shape index (κ3) is 7.79. The number of carbonyl (C=O) groups is 2. The van der Waals surface area contributed by atoms with E-state index in [0.29, 0.717) is 28.6 Å². The molecule has 0 spiro atoms. The molecule has 8 nitrogen and oxygen atoms in total. The van der Waals surface area contributed by atoms with Crippen molar-refractivity contribution in [1.29, 1.82) is 0 Å². The number of nitrogens with one attached hydrogen (secondary N) is 2. The number of nitrogen functional groups attached to an aromatic ring is 1. The molecule has 1 saturated heterocycles. The molecule has 1 aromatic carbocycles. The van der Waals surface area contributed by atoms with Crippen molar-refractivity contribution in [2.24, 2.45) is 0 Å². The van der Waals surface area contributed by atoms with E-state index in [1.165, 1.54) is 13.2 Å². The molecule has 0 atom stereocenters. The minimum Gasteiger partial charge on any atom is -0.496 e. The van der Waals surface area contributed by atoms with E-state index in [1.807, 2.05) is 0 Å². The second-order valence-corrected chi connectivity index (χ2v) is 6.13. The zero-order valence-corrected chi connectivity index (χ0v) is 15.9. The van der Waals surface area contributed by atoms with Gasteiger partial charge in [-0.3, -0.25) is 9.69 Å². The second-order valence-electron chi connectivity index (χ2n) is 5.72. The summed E-state index contributed by atoms with van der Waals surface area (Å²) in [5.74, 6) is -2.53. The van der Waals surface area contributed by atoms with Crippen LogP contribution in [0.5, 0.6) is 5.75 Å². The van der Waals surface area contributed by atoms with Gasteiger partial charge >= 0.3 is 12.1 Å². The summed E-state index contributed by atoms with van der Waals surface area (Å²) in [7, 11) is 1.50. The number of nitrogens with zero attached hydrogens (tertiary/aromatic N) is 1. The Labute approximate surface area is 164 Å². The molecule has 5 N–H and O–H groups in total. The molecular weight excluding hydrogens is 405 g/mol. The molecule has 1 amide bonds. The topological polar surface area (TPSA) is 117 Å². The number of methoxy groups -OCH3 is 1. The number of halogens is 4. The minimum atomic E-state index is -5.08. The van der Waals surface area contributed by atoms with E-state index in [-0.39, 0.29) is 5.91 Å². The lowest BCUT2D eigenvalue weighted by Gasteiger charge is -2.27. The minimum absolute atomic E-state index is 0.205. The first kappa shape index (κ1) is 23.8. The van der Waals surface area contributed by atoms with Crippen LogP contribution < -0.4 is 21.1 Å². The van der Waals surface area contributed by atoms with E-state index in [2.05, 4.69) is 15.5 Å². The van der Waals surface area contributed by atoms with Gasteiger partial charge in [0.05, 0.1) is 23.4 Å². The number of carbonyl (C=O) groups excluding carboxylic acids is 1. The quantitative estimate of drug-likeness (QED) is 0.523. The molecule has 28 heavy (non-hydrogen) atoms. The maximum atomic E-state index is 12.2. The molecule has 12 heteroatoms. The maximum absolute atomic E-state index is 12.2. The Kier molecular flexibility index (Phi) is 9.29. The lowest BCUT2D eigenvalue weighted by atomic mass is 10.1. The molecule has 0 unspecified atom stereocenters. The Hall–Kier alpha value is -2.24. The number of hydrogen-bond donors (Lipinski definition) is 4. The Balaban J connectivity index is 0.000000480. The fourth-order valence-electron chi connectivity index (χ4n) is 2.27. The number of piperazine rings is 1. The van der Waals surface area contributed by atoms with Crippen LogP contribution in [0, 0.1) is 0 Å². The van der Waals surface area contributed by atoms with Crippen molar-refractivity contribution in [2.45, 2.75) is 6.18 Å². The van der Waals surface area contributed by atoms with Crippen molar-refractivity contribution in [1.82, 2.24) is 15.5 Å². The van der Waals surface area contributed by atoms with Gasteiger partial charge in [-0.25, -0.2) is 4.79 Å². The van der Waals surface area contributed by atoms with Gasteiger partial charge in [-0.15, -0.1) is 0 Å².